The zero-order chi connectivity index (χ0) is 22.1. The van der Waals surface area contributed by atoms with Crippen molar-refractivity contribution < 1.29 is 9.53 Å². The Morgan fingerprint density at radius 1 is 1.19 bits per heavy atom. The first kappa shape index (κ1) is 26.6. The van der Waals surface area contributed by atoms with E-state index in [2.05, 4.69) is 45.8 Å². The van der Waals surface area contributed by atoms with Crippen molar-refractivity contribution in [2.24, 2.45) is 16.8 Å². The Kier molecular flexibility index (Phi) is 11.5. The summed E-state index contributed by atoms with van der Waals surface area (Å²) in [7, 11) is 0. The van der Waals surface area contributed by atoms with Gasteiger partial charge in [-0.3, -0.25) is 14.7 Å². The molecule has 0 aromatic carbocycles. The van der Waals surface area contributed by atoms with E-state index in [1.165, 1.54) is 6.42 Å². The molecule has 180 valence electrons. The van der Waals surface area contributed by atoms with Gasteiger partial charge in [0.05, 0.1) is 19.3 Å². The second-order valence-corrected chi connectivity index (χ2v) is 8.78. The molecule has 2 saturated heterocycles. The van der Waals surface area contributed by atoms with Gasteiger partial charge in [0.1, 0.15) is 12.4 Å². The van der Waals surface area contributed by atoms with Gasteiger partial charge in [0.25, 0.3) is 0 Å². The SMILES string of the molecule is CCNC(=NCCOc1cccnc1)N1CCN(CC(=O)N2CC(C)CC(C)C2)CC1.I. The van der Waals surface area contributed by atoms with Crippen molar-refractivity contribution in [1.82, 2.24) is 25.0 Å². The van der Waals surface area contributed by atoms with Crippen molar-refractivity contribution in [3.63, 3.8) is 0 Å². The number of nitrogens with one attached hydrogen (secondary N) is 1. The Balaban J connectivity index is 0.00000363. The summed E-state index contributed by atoms with van der Waals surface area (Å²) >= 11 is 0. The summed E-state index contributed by atoms with van der Waals surface area (Å²) in [5.74, 6) is 3.16. The highest BCUT2D eigenvalue weighted by Crippen LogP contribution is 2.21. The van der Waals surface area contributed by atoms with Gasteiger partial charge in [-0.25, -0.2) is 4.99 Å². The Morgan fingerprint density at radius 3 is 2.53 bits per heavy atom. The lowest BCUT2D eigenvalue weighted by atomic mass is 9.92. The number of hydrogen-bond donors (Lipinski definition) is 1. The molecular weight excluding hydrogens is 519 g/mol. The molecule has 2 unspecified atom stereocenters. The van der Waals surface area contributed by atoms with Crippen LogP contribution < -0.4 is 10.1 Å². The molecule has 3 heterocycles. The number of hydrogen-bond acceptors (Lipinski definition) is 5. The number of carbonyl (C=O) groups excluding carboxylic acids is 1. The predicted molar refractivity (Wildman–Crippen MR) is 139 cm³/mol. The Morgan fingerprint density at radius 2 is 1.91 bits per heavy atom. The van der Waals surface area contributed by atoms with Crippen LogP contribution in [0.3, 0.4) is 0 Å². The summed E-state index contributed by atoms with van der Waals surface area (Å²) in [6, 6.07) is 3.76. The molecule has 2 aliphatic rings. The Labute approximate surface area is 209 Å². The number of piperidine rings is 1. The van der Waals surface area contributed by atoms with Crippen LogP contribution in [0.2, 0.25) is 0 Å². The number of amides is 1. The van der Waals surface area contributed by atoms with Crippen LogP contribution in [0.15, 0.2) is 29.5 Å². The first-order valence-corrected chi connectivity index (χ1v) is 11.6. The molecule has 0 spiro atoms. The fourth-order valence-electron chi connectivity index (χ4n) is 4.45. The van der Waals surface area contributed by atoms with Crippen molar-refractivity contribution in [2.75, 3.05) is 65.5 Å². The molecule has 2 aliphatic heterocycles. The highest BCUT2D eigenvalue weighted by molar-refractivity contribution is 14.0. The highest BCUT2D eigenvalue weighted by Gasteiger charge is 2.28. The molecule has 8 nitrogen and oxygen atoms in total. The van der Waals surface area contributed by atoms with E-state index >= 15 is 0 Å². The van der Waals surface area contributed by atoms with Gasteiger partial charge in [-0.15, -0.1) is 24.0 Å². The number of aliphatic imine (C=N–C) groups is 1. The van der Waals surface area contributed by atoms with Crippen LogP contribution in [-0.4, -0.2) is 97.1 Å². The van der Waals surface area contributed by atoms with Crippen molar-refractivity contribution in [2.45, 2.75) is 27.2 Å². The quantitative estimate of drug-likeness (QED) is 0.240. The first-order valence-electron chi connectivity index (χ1n) is 11.6. The van der Waals surface area contributed by atoms with Gasteiger partial charge in [-0.1, -0.05) is 13.8 Å². The molecule has 0 radical (unpaired) electrons. The molecule has 32 heavy (non-hydrogen) atoms. The van der Waals surface area contributed by atoms with Crippen LogP contribution >= 0.6 is 24.0 Å². The molecule has 1 N–H and O–H groups in total. The van der Waals surface area contributed by atoms with Gasteiger partial charge >= 0.3 is 0 Å². The fraction of sp³-hybridized carbons (Fsp3) is 0.696. The van der Waals surface area contributed by atoms with Crippen molar-refractivity contribution in [3.05, 3.63) is 24.5 Å². The highest BCUT2D eigenvalue weighted by atomic mass is 127. The van der Waals surface area contributed by atoms with Gasteiger partial charge in [0, 0.05) is 52.0 Å². The molecule has 0 aliphatic carbocycles. The van der Waals surface area contributed by atoms with Crippen LogP contribution in [0.4, 0.5) is 0 Å². The molecule has 1 aromatic heterocycles. The third kappa shape index (κ3) is 8.38. The number of piperazine rings is 1. The van der Waals surface area contributed by atoms with Gasteiger partial charge in [-0.2, -0.15) is 0 Å². The zero-order valence-electron chi connectivity index (χ0n) is 19.7. The van der Waals surface area contributed by atoms with Crippen LogP contribution in [-0.2, 0) is 4.79 Å². The Hall–Kier alpha value is -1.62. The lowest BCUT2D eigenvalue weighted by molar-refractivity contribution is -0.135. The van der Waals surface area contributed by atoms with Gasteiger partial charge in [0.15, 0.2) is 5.96 Å². The largest absolute Gasteiger partial charge is 0.490 e. The fourth-order valence-corrected chi connectivity index (χ4v) is 4.45. The minimum absolute atomic E-state index is 0. The second kappa shape index (κ2) is 13.8. The number of nitrogens with zero attached hydrogens (tertiary/aromatic N) is 5. The zero-order valence-corrected chi connectivity index (χ0v) is 22.0. The minimum Gasteiger partial charge on any atom is -0.490 e. The van der Waals surface area contributed by atoms with Crippen LogP contribution in [0.1, 0.15) is 27.2 Å². The molecule has 0 bridgehead atoms. The van der Waals surface area contributed by atoms with Crippen molar-refractivity contribution >= 4 is 35.8 Å². The topological polar surface area (TPSA) is 73.3 Å². The molecule has 1 aromatic rings. The third-order valence-electron chi connectivity index (χ3n) is 5.84. The number of pyridine rings is 1. The van der Waals surface area contributed by atoms with Gasteiger partial charge in [0.2, 0.25) is 5.91 Å². The molecular formula is C23H39IN6O2. The van der Waals surface area contributed by atoms with Crippen LogP contribution in [0.25, 0.3) is 0 Å². The normalized spacial score (nSPS) is 22.3. The summed E-state index contributed by atoms with van der Waals surface area (Å²) < 4.78 is 5.69. The van der Waals surface area contributed by atoms with E-state index in [-0.39, 0.29) is 29.9 Å². The van der Waals surface area contributed by atoms with Crippen LogP contribution in [0.5, 0.6) is 5.75 Å². The minimum atomic E-state index is 0. The third-order valence-corrected chi connectivity index (χ3v) is 5.84. The number of rotatable bonds is 7. The molecule has 3 rings (SSSR count). The summed E-state index contributed by atoms with van der Waals surface area (Å²) in [6.07, 6.45) is 4.66. The van der Waals surface area contributed by atoms with E-state index in [9.17, 15) is 4.79 Å². The molecule has 1 amide bonds. The van der Waals surface area contributed by atoms with Crippen molar-refractivity contribution in [3.8, 4) is 5.75 Å². The number of ether oxygens (including phenoxy) is 1. The van der Waals surface area contributed by atoms with E-state index in [4.69, 9.17) is 9.73 Å². The maximum Gasteiger partial charge on any atom is 0.236 e. The van der Waals surface area contributed by atoms with Gasteiger partial charge < -0.3 is 19.9 Å². The number of aromatic nitrogens is 1. The average molecular weight is 559 g/mol. The van der Waals surface area contributed by atoms with E-state index in [0.717, 1.165) is 57.5 Å². The van der Waals surface area contributed by atoms with E-state index in [1.54, 1.807) is 12.4 Å². The predicted octanol–water partition coefficient (Wildman–Crippen LogP) is 2.17. The lowest BCUT2D eigenvalue weighted by Crippen LogP contribution is -2.55. The average Bonchev–Trinajstić information content (AvgIpc) is 2.76. The maximum absolute atomic E-state index is 12.8. The smallest absolute Gasteiger partial charge is 0.236 e. The summed E-state index contributed by atoms with van der Waals surface area (Å²) in [6.45, 7) is 14.3. The summed E-state index contributed by atoms with van der Waals surface area (Å²) in [4.78, 5) is 28.2. The lowest BCUT2D eigenvalue weighted by Gasteiger charge is -2.39. The summed E-state index contributed by atoms with van der Waals surface area (Å²) in [5, 5.41) is 3.38. The monoisotopic (exact) mass is 558 g/mol. The first-order chi connectivity index (χ1) is 15.0. The molecule has 0 saturated carbocycles. The molecule has 2 atom stereocenters. The summed E-state index contributed by atoms with van der Waals surface area (Å²) in [5.41, 5.74) is 0. The van der Waals surface area contributed by atoms with Crippen LogP contribution in [0, 0.1) is 11.8 Å². The van der Waals surface area contributed by atoms with Gasteiger partial charge in [-0.05, 0) is 37.3 Å². The number of carbonyl (C=O) groups is 1. The molecule has 2 fully saturated rings. The second-order valence-electron chi connectivity index (χ2n) is 8.78. The van der Waals surface area contributed by atoms with E-state index in [0.29, 0.717) is 31.5 Å². The number of guanidine groups is 1. The standard InChI is InChI=1S/C23H38N6O2.HI/c1-4-25-23(26-8-13-31-21-6-5-7-24-15-21)28-11-9-27(10-12-28)18-22(30)29-16-19(2)14-20(3)17-29;/h5-7,15,19-20H,4,8-14,16-18H2,1-3H3,(H,25,26);1H. The Bertz CT molecular complexity index is 702. The number of halogens is 1. The van der Waals surface area contributed by atoms with E-state index in [1.807, 2.05) is 12.1 Å². The van der Waals surface area contributed by atoms with E-state index < -0.39 is 0 Å². The maximum atomic E-state index is 12.8. The van der Waals surface area contributed by atoms with Crippen molar-refractivity contribution in [1.29, 1.82) is 0 Å². The molecule has 9 heteroatoms. The number of likely N-dealkylation sites (tertiary alicyclic amines) is 1.